The molecule has 0 amide bonds. The molecule has 0 unspecified atom stereocenters. The van der Waals surface area contributed by atoms with Crippen molar-refractivity contribution in [3.8, 4) is 0 Å². The molecule has 0 heterocycles. The molecule has 0 aromatic heterocycles. The van der Waals surface area contributed by atoms with Gasteiger partial charge in [0.2, 0.25) is 0 Å². The van der Waals surface area contributed by atoms with E-state index in [9.17, 15) is 0 Å². The van der Waals surface area contributed by atoms with Crippen LogP contribution in [-0.4, -0.2) is 5.25 Å². The Morgan fingerprint density at radius 3 is 2.69 bits per heavy atom. The van der Waals surface area contributed by atoms with Gasteiger partial charge in [-0.1, -0.05) is 29.8 Å². The van der Waals surface area contributed by atoms with Crippen LogP contribution in [0, 0.1) is 0 Å². The quantitative estimate of drug-likeness (QED) is 0.843. The molecule has 1 aromatic carbocycles. The van der Waals surface area contributed by atoms with Gasteiger partial charge in [-0.3, -0.25) is 0 Å². The number of hydrogen-bond donors (Lipinski definition) is 1. The van der Waals surface area contributed by atoms with Crippen molar-refractivity contribution in [1.29, 1.82) is 0 Å². The van der Waals surface area contributed by atoms with Crippen LogP contribution in [0.15, 0.2) is 27.6 Å². The van der Waals surface area contributed by atoms with Crippen molar-refractivity contribution in [3.05, 3.63) is 28.2 Å². The summed E-state index contributed by atoms with van der Waals surface area (Å²) < 4.78 is 1.10. The first-order valence-corrected chi connectivity index (χ1v) is 5.96. The first-order valence-electron chi connectivity index (χ1n) is 4.28. The summed E-state index contributed by atoms with van der Waals surface area (Å²) in [6, 6.07) is 6.27. The summed E-state index contributed by atoms with van der Waals surface area (Å²) >= 11 is 5.30. The molecule has 0 atom stereocenters. The Morgan fingerprint density at radius 2 is 2.15 bits per heavy atom. The lowest BCUT2D eigenvalue weighted by molar-refractivity contribution is 1.02. The van der Waals surface area contributed by atoms with Crippen LogP contribution in [0.4, 0.5) is 0 Å². The van der Waals surface area contributed by atoms with Crippen LogP contribution in [0.2, 0.25) is 0 Å². The summed E-state index contributed by atoms with van der Waals surface area (Å²) in [5.41, 5.74) is 6.88. The maximum absolute atomic E-state index is 5.66. The fourth-order valence-electron chi connectivity index (χ4n) is 1.08. The highest BCUT2D eigenvalue weighted by atomic mass is 79.9. The first kappa shape index (κ1) is 11.1. The first-order chi connectivity index (χ1) is 6.13. The summed E-state index contributed by atoms with van der Waals surface area (Å²) in [6.45, 7) is 4.98. The van der Waals surface area contributed by atoms with Crippen molar-refractivity contribution in [1.82, 2.24) is 0 Å². The van der Waals surface area contributed by atoms with Crippen molar-refractivity contribution in [2.24, 2.45) is 5.73 Å². The maximum Gasteiger partial charge on any atom is 0.0189 e. The van der Waals surface area contributed by atoms with Crippen molar-refractivity contribution in [2.45, 2.75) is 30.5 Å². The van der Waals surface area contributed by atoms with Gasteiger partial charge < -0.3 is 5.73 Å². The molecular formula is C10H14BrNS. The number of thioether (sulfide) groups is 1. The number of hydrogen-bond acceptors (Lipinski definition) is 2. The molecule has 0 aliphatic carbocycles. The van der Waals surface area contributed by atoms with Crippen molar-refractivity contribution in [3.63, 3.8) is 0 Å². The average molecular weight is 260 g/mol. The van der Waals surface area contributed by atoms with Gasteiger partial charge >= 0.3 is 0 Å². The smallest absolute Gasteiger partial charge is 0.0189 e. The van der Waals surface area contributed by atoms with Gasteiger partial charge in [0.05, 0.1) is 0 Å². The fraction of sp³-hybridized carbons (Fsp3) is 0.400. The molecule has 0 aliphatic heterocycles. The van der Waals surface area contributed by atoms with Crippen molar-refractivity contribution in [2.75, 3.05) is 0 Å². The zero-order valence-corrected chi connectivity index (χ0v) is 10.3. The predicted octanol–water partition coefficient (Wildman–Crippen LogP) is 3.41. The van der Waals surface area contributed by atoms with E-state index in [1.807, 2.05) is 11.8 Å². The van der Waals surface area contributed by atoms with E-state index in [4.69, 9.17) is 5.73 Å². The highest BCUT2D eigenvalue weighted by Gasteiger charge is 2.04. The lowest BCUT2D eigenvalue weighted by atomic mass is 10.2. The topological polar surface area (TPSA) is 26.0 Å². The van der Waals surface area contributed by atoms with Crippen LogP contribution >= 0.6 is 27.7 Å². The Morgan fingerprint density at radius 1 is 1.46 bits per heavy atom. The molecule has 2 N–H and O–H groups in total. The van der Waals surface area contributed by atoms with E-state index in [2.05, 4.69) is 48.0 Å². The van der Waals surface area contributed by atoms with Gasteiger partial charge in [0.25, 0.3) is 0 Å². The molecule has 0 aliphatic rings. The summed E-state index contributed by atoms with van der Waals surface area (Å²) in [6.07, 6.45) is 0. The van der Waals surface area contributed by atoms with Crippen LogP contribution < -0.4 is 5.73 Å². The van der Waals surface area contributed by atoms with Crippen LogP contribution in [0.5, 0.6) is 0 Å². The molecule has 3 heteroatoms. The molecule has 1 rings (SSSR count). The molecule has 0 radical (unpaired) electrons. The zero-order chi connectivity index (χ0) is 9.84. The Hall–Kier alpha value is 0.01000. The Bertz CT molecular complexity index is 286. The van der Waals surface area contributed by atoms with Gasteiger partial charge in [-0.2, -0.15) is 0 Å². The van der Waals surface area contributed by atoms with E-state index in [0.717, 1.165) is 4.47 Å². The van der Waals surface area contributed by atoms with E-state index in [1.165, 1.54) is 10.5 Å². The maximum atomic E-state index is 5.66. The second kappa shape index (κ2) is 5.03. The summed E-state index contributed by atoms with van der Waals surface area (Å²) in [5, 5.41) is 0.603. The van der Waals surface area contributed by atoms with E-state index in [-0.39, 0.29) is 0 Å². The minimum atomic E-state index is 0.603. The Labute approximate surface area is 92.2 Å². The Balaban J connectivity index is 2.92. The van der Waals surface area contributed by atoms with Crippen molar-refractivity contribution < 1.29 is 0 Å². The SMILES string of the molecule is CC(C)Sc1ccc(Br)cc1CN. The molecular weight excluding hydrogens is 246 g/mol. The number of benzene rings is 1. The highest BCUT2D eigenvalue weighted by molar-refractivity contribution is 9.10. The molecule has 13 heavy (non-hydrogen) atoms. The number of rotatable bonds is 3. The monoisotopic (exact) mass is 259 g/mol. The lowest BCUT2D eigenvalue weighted by Crippen LogP contribution is -1.99. The van der Waals surface area contributed by atoms with E-state index < -0.39 is 0 Å². The minimum absolute atomic E-state index is 0.603. The normalized spacial score (nSPS) is 10.8. The average Bonchev–Trinajstić information content (AvgIpc) is 2.07. The van der Waals surface area contributed by atoms with E-state index in [0.29, 0.717) is 11.8 Å². The third-order valence-corrected chi connectivity index (χ3v) is 3.22. The van der Waals surface area contributed by atoms with Gasteiger partial charge in [0, 0.05) is 21.2 Å². The zero-order valence-electron chi connectivity index (χ0n) is 7.88. The third kappa shape index (κ3) is 3.33. The van der Waals surface area contributed by atoms with Gasteiger partial charge in [-0.05, 0) is 23.8 Å². The molecule has 0 saturated carbocycles. The molecule has 1 nitrogen and oxygen atoms in total. The van der Waals surface area contributed by atoms with Crippen LogP contribution in [0.25, 0.3) is 0 Å². The minimum Gasteiger partial charge on any atom is -0.326 e. The van der Waals surface area contributed by atoms with Gasteiger partial charge in [0.1, 0.15) is 0 Å². The van der Waals surface area contributed by atoms with Crippen LogP contribution in [0.3, 0.4) is 0 Å². The molecule has 1 aromatic rings. The highest BCUT2D eigenvalue weighted by Crippen LogP contribution is 2.28. The summed E-state index contributed by atoms with van der Waals surface area (Å²) in [5.74, 6) is 0. The largest absolute Gasteiger partial charge is 0.326 e. The lowest BCUT2D eigenvalue weighted by Gasteiger charge is -2.09. The predicted molar refractivity (Wildman–Crippen MR) is 63.0 cm³/mol. The summed E-state index contributed by atoms with van der Waals surface area (Å²) in [7, 11) is 0. The third-order valence-electron chi connectivity index (χ3n) is 1.61. The fourth-order valence-corrected chi connectivity index (χ4v) is 2.43. The number of nitrogens with two attached hydrogens (primary N) is 1. The molecule has 0 saturated heterocycles. The molecule has 0 bridgehead atoms. The standard InChI is InChI=1S/C10H14BrNS/c1-7(2)13-10-4-3-9(11)5-8(10)6-12/h3-5,7H,6,12H2,1-2H3. The molecule has 0 fully saturated rings. The van der Waals surface area contributed by atoms with Crippen molar-refractivity contribution >= 4 is 27.7 Å². The summed E-state index contributed by atoms with van der Waals surface area (Å²) in [4.78, 5) is 1.29. The van der Waals surface area contributed by atoms with Gasteiger partial charge in [0.15, 0.2) is 0 Å². The number of halogens is 1. The second-order valence-corrected chi connectivity index (χ2v) is 5.66. The second-order valence-electron chi connectivity index (χ2n) is 3.12. The van der Waals surface area contributed by atoms with E-state index >= 15 is 0 Å². The van der Waals surface area contributed by atoms with E-state index in [1.54, 1.807) is 0 Å². The Kier molecular flexibility index (Phi) is 4.29. The molecule has 72 valence electrons. The molecule has 0 spiro atoms. The van der Waals surface area contributed by atoms with Crippen LogP contribution in [0.1, 0.15) is 19.4 Å². The van der Waals surface area contributed by atoms with Gasteiger partial charge in [-0.15, -0.1) is 11.8 Å². The van der Waals surface area contributed by atoms with Gasteiger partial charge in [-0.25, -0.2) is 0 Å². The van der Waals surface area contributed by atoms with Crippen LogP contribution in [-0.2, 0) is 6.54 Å².